The number of rotatable bonds is 3. The van der Waals surface area contributed by atoms with Crippen molar-refractivity contribution < 1.29 is 9.84 Å². The first-order valence-electron chi connectivity index (χ1n) is 5.46. The Balaban J connectivity index is 2.24. The Labute approximate surface area is 124 Å². The van der Waals surface area contributed by atoms with E-state index >= 15 is 0 Å². The second-order valence-corrected chi connectivity index (χ2v) is 5.05. The molecule has 0 amide bonds. The summed E-state index contributed by atoms with van der Waals surface area (Å²) in [6, 6.07) is 10.5. The van der Waals surface area contributed by atoms with Crippen molar-refractivity contribution in [2.24, 2.45) is 4.99 Å². The average Bonchev–Trinajstić information content (AvgIpc) is 2.41. The first-order chi connectivity index (χ1) is 9.10. The van der Waals surface area contributed by atoms with Gasteiger partial charge in [0, 0.05) is 10.7 Å². The number of hydrogen-bond acceptors (Lipinski definition) is 3. The maximum Gasteiger partial charge on any atom is 0.161 e. The van der Waals surface area contributed by atoms with Gasteiger partial charge < -0.3 is 9.84 Å². The molecule has 0 atom stereocenters. The topological polar surface area (TPSA) is 41.8 Å². The maximum atomic E-state index is 9.49. The van der Waals surface area contributed by atoms with Crippen LogP contribution in [0.2, 0.25) is 5.02 Å². The maximum absolute atomic E-state index is 9.49. The first kappa shape index (κ1) is 13.9. The minimum absolute atomic E-state index is 0.103. The van der Waals surface area contributed by atoms with Crippen molar-refractivity contribution in [1.29, 1.82) is 0 Å². The highest BCUT2D eigenvalue weighted by Crippen LogP contribution is 2.28. The molecule has 2 aromatic carbocycles. The first-order valence-corrected chi connectivity index (χ1v) is 6.63. The van der Waals surface area contributed by atoms with E-state index in [0.29, 0.717) is 10.8 Å². The number of aromatic hydroxyl groups is 1. The molecule has 0 aliphatic rings. The fourth-order valence-corrected chi connectivity index (χ4v) is 1.91. The Morgan fingerprint density at radius 3 is 2.74 bits per heavy atom. The van der Waals surface area contributed by atoms with E-state index in [-0.39, 0.29) is 5.75 Å². The summed E-state index contributed by atoms with van der Waals surface area (Å²) in [5.41, 5.74) is 1.58. The Morgan fingerprint density at radius 1 is 1.26 bits per heavy atom. The summed E-state index contributed by atoms with van der Waals surface area (Å²) >= 11 is 9.31. The number of nitrogens with zero attached hydrogens (tertiary/aromatic N) is 1. The standard InChI is InChI=1S/C14H11BrClNO2/c1-19-14-6-9(2-5-13(14)18)8-17-10-3-4-11(15)12(16)7-10/h2-8,18H,1H3. The summed E-state index contributed by atoms with van der Waals surface area (Å²) in [5, 5.41) is 10.1. The van der Waals surface area contributed by atoms with Gasteiger partial charge in [-0.15, -0.1) is 0 Å². The van der Waals surface area contributed by atoms with E-state index in [9.17, 15) is 5.11 Å². The van der Waals surface area contributed by atoms with E-state index in [1.165, 1.54) is 7.11 Å². The van der Waals surface area contributed by atoms with Gasteiger partial charge in [-0.05, 0) is 57.9 Å². The van der Waals surface area contributed by atoms with Crippen LogP contribution in [0.4, 0.5) is 5.69 Å². The number of phenols is 1. The zero-order valence-electron chi connectivity index (χ0n) is 10.1. The van der Waals surface area contributed by atoms with Crippen LogP contribution < -0.4 is 4.74 Å². The number of aliphatic imine (C=N–C) groups is 1. The molecule has 0 aliphatic carbocycles. The van der Waals surface area contributed by atoms with Gasteiger partial charge in [-0.2, -0.15) is 0 Å². The van der Waals surface area contributed by atoms with Gasteiger partial charge >= 0.3 is 0 Å². The lowest BCUT2D eigenvalue weighted by atomic mass is 10.2. The molecule has 0 fully saturated rings. The van der Waals surface area contributed by atoms with Gasteiger partial charge in [-0.1, -0.05) is 11.6 Å². The molecule has 0 saturated carbocycles. The SMILES string of the molecule is COc1cc(C=Nc2ccc(Br)c(Cl)c2)ccc1O. The fraction of sp³-hybridized carbons (Fsp3) is 0.0714. The van der Waals surface area contributed by atoms with Gasteiger partial charge in [0.25, 0.3) is 0 Å². The molecule has 0 heterocycles. The molecule has 2 aromatic rings. The molecule has 3 nitrogen and oxygen atoms in total. The largest absolute Gasteiger partial charge is 0.504 e. The predicted molar refractivity (Wildman–Crippen MR) is 81.1 cm³/mol. The molecule has 1 N–H and O–H groups in total. The van der Waals surface area contributed by atoms with E-state index in [4.69, 9.17) is 16.3 Å². The Bertz CT molecular complexity index is 629. The second-order valence-electron chi connectivity index (χ2n) is 3.79. The number of benzene rings is 2. The molecule has 98 valence electrons. The van der Waals surface area contributed by atoms with Crippen molar-refractivity contribution in [3.05, 3.63) is 51.5 Å². The Morgan fingerprint density at radius 2 is 2.05 bits per heavy atom. The summed E-state index contributed by atoms with van der Waals surface area (Å²) in [6.45, 7) is 0. The second kappa shape index (κ2) is 6.08. The van der Waals surface area contributed by atoms with Crippen molar-refractivity contribution in [3.63, 3.8) is 0 Å². The quantitative estimate of drug-likeness (QED) is 0.832. The van der Waals surface area contributed by atoms with Crippen molar-refractivity contribution in [3.8, 4) is 11.5 Å². The van der Waals surface area contributed by atoms with Crippen LogP contribution in [0.15, 0.2) is 45.9 Å². The molecule has 0 aromatic heterocycles. The van der Waals surface area contributed by atoms with Crippen LogP contribution in [0.1, 0.15) is 5.56 Å². The number of methoxy groups -OCH3 is 1. The van der Waals surface area contributed by atoms with Crippen LogP contribution in [-0.4, -0.2) is 18.4 Å². The highest BCUT2D eigenvalue weighted by atomic mass is 79.9. The lowest BCUT2D eigenvalue weighted by Crippen LogP contribution is -1.86. The lowest BCUT2D eigenvalue weighted by Gasteiger charge is -2.03. The molecular formula is C14H11BrClNO2. The van der Waals surface area contributed by atoms with Crippen LogP contribution in [0, 0.1) is 0 Å². The Hall–Kier alpha value is -1.52. The van der Waals surface area contributed by atoms with Crippen molar-refractivity contribution >= 4 is 39.4 Å². The molecule has 2 rings (SSSR count). The molecule has 0 unspecified atom stereocenters. The normalized spacial score (nSPS) is 10.9. The van der Waals surface area contributed by atoms with Crippen LogP contribution in [0.3, 0.4) is 0 Å². The van der Waals surface area contributed by atoms with Crippen LogP contribution in [0.25, 0.3) is 0 Å². The van der Waals surface area contributed by atoms with Gasteiger partial charge in [0.05, 0.1) is 17.8 Å². The van der Waals surface area contributed by atoms with Gasteiger partial charge in [0.2, 0.25) is 0 Å². The van der Waals surface area contributed by atoms with E-state index < -0.39 is 0 Å². The monoisotopic (exact) mass is 339 g/mol. The summed E-state index contributed by atoms with van der Waals surface area (Å²) in [5.74, 6) is 0.518. The molecule has 0 spiro atoms. The van der Waals surface area contributed by atoms with E-state index in [1.54, 1.807) is 30.5 Å². The molecule has 5 heteroatoms. The average molecular weight is 341 g/mol. The molecule has 0 bridgehead atoms. The molecule has 0 aliphatic heterocycles. The number of hydrogen-bond donors (Lipinski definition) is 1. The van der Waals surface area contributed by atoms with Gasteiger partial charge in [0.1, 0.15) is 0 Å². The zero-order chi connectivity index (χ0) is 13.8. The van der Waals surface area contributed by atoms with Crippen molar-refractivity contribution in [1.82, 2.24) is 0 Å². The third-order valence-electron chi connectivity index (χ3n) is 2.47. The molecule has 0 radical (unpaired) electrons. The minimum Gasteiger partial charge on any atom is -0.504 e. The van der Waals surface area contributed by atoms with Gasteiger partial charge in [-0.25, -0.2) is 0 Å². The summed E-state index contributed by atoms with van der Waals surface area (Å²) in [7, 11) is 1.50. The van der Waals surface area contributed by atoms with Gasteiger partial charge in [0.15, 0.2) is 11.5 Å². The zero-order valence-corrected chi connectivity index (χ0v) is 12.4. The van der Waals surface area contributed by atoms with Crippen LogP contribution >= 0.6 is 27.5 Å². The third kappa shape index (κ3) is 3.49. The Kier molecular flexibility index (Phi) is 4.45. The fourth-order valence-electron chi connectivity index (χ4n) is 1.49. The van der Waals surface area contributed by atoms with Crippen LogP contribution in [0.5, 0.6) is 11.5 Å². The van der Waals surface area contributed by atoms with E-state index in [1.807, 2.05) is 12.1 Å². The smallest absolute Gasteiger partial charge is 0.161 e. The number of ether oxygens (including phenoxy) is 1. The highest BCUT2D eigenvalue weighted by molar-refractivity contribution is 9.10. The summed E-state index contributed by atoms with van der Waals surface area (Å²) in [6.07, 6.45) is 1.68. The van der Waals surface area contributed by atoms with E-state index in [2.05, 4.69) is 20.9 Å². The van der Waals surface area contributed by atoms with E-state index in [0.717, 1.165) is 15.7 Å². The van der Waals surface area contributed by atoms with Crippen molar-refractivity contribution in [2.45, 2.75) is 0 Å². The van der Waals surface area contributed by atoms with Crippen molar-refractivity contribution in [2.75, 3.05) is 7.11 Å². The third-order valence-corrected chi connectivity index (χ3v) is 3.70. The van der Waals surface area contributed by atoms with Gasteiger partial charge in [-0.3, -0.25) is 4.99 Å². The molecule has 19 heavy (non-hydrogen) atoms. The highest BCUT2D eigenvalue weighted by Gasteiger charge is 2.01. The predicted octanol–water partition coefficient (Wildman–Crippen LogP) is 4.57. The van der Waals surface area contributed by atoms with Crippen LogP contribution in [-0.2, 0) is 0 Å². The molecule has 0 saturated heterocycles. The summed E-state index contributed by atoms with van der Waals surface area (Å²) in [4.78, 5) is 4.32. The molecular weight excluding hydrogens is 330 g/mol. The lowest BCUT2D eigenvalue weighted by molar-refractivity contribution is 0.373. The number of phenolic OH excluding ortho intramolecular Hbond substituents is 1. The summed E-state index contributed by atoms with van der Waals surface area (Å²) < 4.78 is 5.87. The number of halogens is 2. The minimum atomic E-state index is 0.103.